The van der Waals surface area contributed by atoms with Crippen molar-refractivity contribution < 1.29 is 27.4 Å². The quantitative estimate of drug-likeness (QED) is 0.390. The van der Waals surface area contributed by atoms with Gasteiger partial charge in [-0.2, -0.15) is 23.0 Å². The van der Waals surface area contributed by atoms with Crippen molar-refractivity contribution in [3.63, 3.8) is 0 Å². The third kappa shape index (κ3) is 4.84. The van der Waals surface area contributed by atoms with Crippen molar-refractivity contribution in [3.05, 3.63) is 77.9 Å². The lowest BCUT2D eigenvalue weighted by Crippen LogP contribution is -2.12. The molecule has 0 radical (unpaired) electrons. The normalized spacial score (nSPS) is 11.4. The molecule has 9 nitrogen and oxygen atoms in total. The van der Waals surface area contributed by atoms with E-state index in [0.29, 0.717) is 6.61 Å². The zero-order valence-electron chi connectivity index (χ0n) is 17.2. The summed E-state index contributed by atoms with van der Waals surface area (Å²) in [5.41, 5.74) is 0.171. The van der Waals surface area contributed by atoms with Gasteiger partial charge < -0.3 is 9.47 Å². The Kier molecular flexibility index (Phi) is 6.07. The van der Waals surface area contributed by atoms with Crippen molar-refractivity contribution in [2.45, 2.75) is 19.7 Å². The Morgan fingerprint density at radius 2 is 1.76 bits per heavy atom. The molecular weight excluding hydrogens is 441 g/mol. The first-order valence-electron chi connectivity index (χ1n) is 9.76. The van der Waals surface area contributed by atoms with Gasteiger partial charge >= 0.3 is 12.1 Å². The van der Waals surface area contributed by atoms with E-state index in [-0.39, 0.29) is 29.6 Å². The molecule has 12 heteroatoms. The van der Waals surface area contributed by atoms with Gasteiger partial charge in [-0.05, 0) is 53.7 Å². The van der Waals surface area contributed by atoms with Gasteiger partial charge in [-0.1, -0.05) is 18.2 Å². The van der Waals surface area contributed by atoms with Gasteiger partial charge in [-0.3, -0.25) is 0 Å². The van der Waals surface area contributed by atoms with Gasteiger partial charge in [-0.15, -0.1) is 5.10 Å². The van der Waals surface area contributed by atoms with Crippen LogP contribution in [0.4, 0.5) is 13.2 Å². The minimum atomic E-state index is -4.46. The van der Waals surface area contributed by atoms with E-state index >= 15 is 0 Å². The van der Waals surface area contributed by atoms with E-state index in [2.05, 4.69) is 20.6 Å². The van der Waals surface area contributed by atoms with Crippen LogP contribution in [-0.4, -0.2) is 42.6 Å². The van der Waals surface area contributed by atoms with E-state index in [4.69, 9.17) is 9.47 Å². The molecule has 4 rings (SSSR count). The summed E-state index contributed by atoms with van der Waals surface area (Å²) in [6.45, 7) is 1.75. The van der Waals surface area contributed by atoms with E-state index in [1.54, 1.807) is 13.1 Å². The summed E-state index contributed by atoms with van der Waals surface area (Å²) in [7, 11) is 0. The molecule has 0 amide bonds. The summed E-state index contributed by atoms with van der Waals surface area (Å²) in [4.78, 5) is 12.7. The van der Waals surface area contributed by atoms with Crippen LogP contribution in [0.5, 0.6) is 5.75 Å². The molecule has 0 spiro atoms. The summed E-state index contributed by atoms with van der Waals surface area (Å²) in [6.07, 6.45) is -2.89. The zero-order valence-corrected chi connectivity index (χ0v) is 17.2. The maximum atomic E-state index is 12.8. The molecule has 2 heterocycles. The van der Waals surface area contributed by atoms with Crippen LogP contribution in [0.2, 0.25) is 0 Å². The van der Waals surface area contributed by atoms with Crippen molar-refractivity contribution in [3.8, 4) is 17.1 Å². The maximum Gasteiger partial charge on any atom is 0.416 e. The second-order valence-corrected chi connectivity index (χ2v) is 6.68. The fourth-order valence-electron chi connectivity index (χ4n) is 2.96. The Hall–Kier alpha value is -4.22. The molecule has 33 heavy (non-hydrogen) atoms. The van der Waals surface area contributed by atoms with Gasteiger partial charge in [0.05, 0.1) is 29.7 Å². The van der Waals surface area contributed by atoms with E-state index in [1.165, 1.54) is 21.5 Å². The number of carbonyl (C=O) groups is 1. The smallest absolute Gasteiger partial charge is 0.416 e. The number of carbonyl (C=O) groups excluding carboxylic acids is 1. The number of hydrogen-bond acceptors (Lipinski definition) is 7. The van der Waals surface area contributed by atoms with Gasteiger partial charge in [0.2, 0.25) is 5.69 Å². The molecule has 0 saturated carbocycles. The molecule has 0 aliphatic rings. The number of nitrogens with zero attached hydrogens (tertiary/aromatic N) is 6. The molecule has 0 saturated heterocycles. The molecule has 0 bridgehead atoms. The van der Waals surface area contributed by atoms with Crippen LogP contribution < -0.4 is 4.74 Å². The lowest BCUT2D eigenvalue weighted by atomic mass is 10.2. The van der Waals surface area contributed by atoms with Crippen molar-refractivity contribution in [2.24, 2.45) is 0 Å². The molecule has 0 fully saturated rings. The van der Waals surface area contributed by atoms with Gasteiger partial charge in [0.1, 0.15) is 0 Å². The predicted molar refractivity (Wildman–Crippen MR) is 108 cm³/mol. The fourth-order valence-corrected chi connectivity index (χ4v) is 2.96. The van der Waals surface area contributed by atoms with Gasteiger partial charge in [0.25, 0.3) is 0 Å². The van der Waals surface area contributed by atoms with E-state index in [0.717, 1.165) is 17.8 Å². The van der Waals surface area contributed by atoms with E-state index in [9.17, 15) is 18.0 Å². The Bertz CT molecular complexity index is 1240. The van der Waals surface area contributed by atoms with Crippen LogP contribution in [0.25, 0.3) is 11.4 Å². The Labute approximate surface area is 185 Å². The van der Waals surface area contributed by atoms with Crippen molar-refractivity contribution in [1.82, 2.24) is 30.0 Å². The first-order chi connectivity index (χ1) is 15.9. The third-order valence-corrected chi connectivity index (χ3v) is 4.50. The standard InChI is InChI=1S/C21H17F3N6O3/c1-2-32-17-12-29(15-6-4-3-5-7-15)26-19(17)20(31)33-13-18-25-27-28-30(18)16-10-8-14(9-11-16)21(22,23)24/h3-12H,2,13H2,1H3. The Morgan fingerprint density at radius 1 is 1.03 bits per heavy atom. The number of hydrogen-bond donors (Lipinski definition) is 0. The summed E-state index contributed by atoms with van der Waals surface area (Å²) >= 11 is 0. The topological polar surface area (TPSA) is 97.0 Å². The number of alkyl halides is 3. The average Bonchev–Trinajstić information content (AvgIpc) is 3.45. The summed E-state index contributed by atoms with van der Waals surface area (Å²) < 4.78 is 51.9. The van der Waals surface area contributed by atoms with E-state index < -0.39 is 17.7 Å². The van der Waals surface area contributed by atoms with Crippen molar-refractivity contribution >= 4 is 5.97 Å². The number of esters is 1. The Morgan fingerprint density at radius 3 is 2.42 bits per heavy atom. The highest BCUT2D eigenvalue weighted by Gasteiger charge is 2.30. The summed E-state index contributed by atoms with van der Waals surface area (Å²) in [5.74, 6) is -0.410. The fraction of sp³-hybridized carbons (Fsp3) is 0.190. The Balaban J connectivity index is 1.51. The highest BCUT2D eigenvalue weighted by Crippen LogP contribution is 2.29. The van der Waals surface area contributed by atoms with Gasteiger partial charge in [-0.25, -0.2) is 9.48 Å². The van der Waals surface area contributed by atoms with Crippen LogP contribution in [0.1, 0.15) is 28.8 Å². The summed E-state index contributed by atoms with van der Waals surface area (Å²) in [6, 6.07) is 13.4. The van der Waals surface area contributed by atoms with E-state index in [1.807, 2.05) is 30.3 Å². The number of rotatable bonds is 7. The highest BCUT2D eigenvalue weighted by molar-refractivity contribution is 5.90. The lowest BCUT2D eigenvalue weighted by Gasteiger charge is -2.09. The van der Waals surface area contributed by atoms with Crippen LogP contribution in [0.3, 0.4) is 0 Å². The molecule has 170 valence electrons. The molecule has 4 aromatic rings. The molecule has 0 atom stereocenters. The zero-order chi connectivity index (χ0) is 23.4. The van der Waals surface area contributed by atoms with Gasteiger partial charge in [0, 0.05) is 0 Å². The second-order valence-electron chi connectivity index (χ2n) is 6.68. The number of tetrazole rings is 1. The van der Waals surface area contributed by atoms with Crippen LogP contribution in [0.15, 0.2) is 60.8 Å². The largest absolute Gasteiger partial charge is 0.490 e. The number of ether oxygens (including phenoxy) is 2. The summed E-state index contributed by atoms with van der Waals surface area (Å²) in [5, 5.41) is 15.3. The van der Waals surface area contributed by atoms with Crippen molar-refractivity contribution in [2.75, 3.05) is 6.61 Å². The monoisotopic (exact) mass is 458 g/mol. The predicted octanol–water partition coefficient (Wildman–Crippen LogP) is 3.62. The molecule has 0 N–H and O–H groups in total. The number of aromatic nitrogens is 6. The van der Waals surface area contributed by atoms with Gasteiger partial charge in [0.15, 0.2) is 18.2 Å². The molecular formula is C21H17F3N6O3. The third-order valence-electron chi connectivity index (χ3n) is 4.50. The number of halogens is 3. The SMILES string of the molecule is CCOc1cn(-c2ccccc2)nc1C(=O)OCc1nnnn1-c1ccc(C(F)(F)F)cc1. The average molecular weight is 458 g/mol. The van der Waals surface area contributed by atoms with Crippen LogP contribution >= 0.6 is 0 Å². The minimum Gasteiger partial charge on any atom is -0.490 e. The molecule has 2 aromatic heterocycles. The molecule has 0 aliphatic heterocycles. The molecule has 2 aromatic carbocycles. The second kappa shape index (κ2) is 9.10. The molecule has 0 unspecified atom stereocenters. The van der Waals surface area contributed by atoms with Crippen LogP contribution in [0, 0.1) is 0 Å². The van der Waals surface area contributed by atoms with Crippen molar-refractivity contribution in [1.29, 1.82) is 0 Å². The highest BCUT2D eigenvalue weighted by atomic mass is 19.4. The first-order valence-corrected chi connectivity index (χ1v) is 9.76. The number of para-hydroxylation sites is 1. The maximum absolute atomic E-state index is 12.8. The number of benzene rings is 2. The minimum absolute atomic E-state index is 0.0331. The van der Waals surface area contributed by atoms with Crippen LogP contribution in [-0.2, 0) is 17.5 Å². The molecule has 0 aliphatic carbocycles. The first kappa shape index (κ1) is 22.0. The lowest BCUT2D eigenvalue weighted by molar-refractivity contribution is -0.137.